The Hall–Kier alpha value is -2.02. The van der Waals surface area contributed by atoms with E-state index in [9.17, 15) is 0 Å². The summed E-state index contributed by atoms with van der Waals surface area (Å²) in [5, 5.41) is 0. The van der Waals surface area contributed by atoms with Gasteiger partial charge in [0.2, 0.25) is 0 Å². The monoisotopic (exact) mass is 238 g/mol. The van der Waals surface area contributed by atoms with Crippen LogP contribution in [-0.4, -0.2) is 7.11 Å². The van der Waals surface area contributed by atoms with E-state index in [2.05, 4.69) is 37.8 Å². The smallest absolute Gasteiger partial charge is 0.126 e. The fourth-order valence-electron chi connectivity index (χ4n) is 2.01. The Bertz CT molecular complexity index is 541. The van der Waals surface area contributed by atoms with E-state index >= 15 is 0 Å². The van der Waals surface area contributed by atoms with E-state index in [1.54, 1.807) is 7.11 Å². The zero-order chi connectivity index (χ0) is 13.0. The molecule has 0 aliphatic heterocycles. The van der Waals surface area contributed by atoms with Crippen LogP contribution in [0, 0.1) is 0 Å². The molecule has 0 aliphatic rings. The maximum atomic E-state index is 5.43. The molecule has 1 heteroatoms. The molecule has 2 aromatic rings. The van der Waals surface area contributed by atoms with Gasteiger partial charge in [0.05, 0.1) is 7.11 Å². The number of rotatable bonds is 4. The van der Waals surface area contributed by atoms with Gasteiger partial charge < -0.3 is 4.74 Å². The molecule has 0 heterocycles. The highest BCUT2D eigenvalue weighted by Crippen LogP contribution is 2.30. The van der Waals surface area contributed by atoms with Crippen molar-refractivity contribution in [1.29, 1.82) is 0 Å². The van der Waals surface area contributed by atoms with Crippen LogP contribution in [0.25, 0.3) is 5.57 Å². The molecule has 0 N–H and O–H groups in total. The number of benzene rings is 2. The summed E-state index contributed by atoms with van der Waals surface area (Å²) in [6.07, 6.45) is 1.01. The van der Waals surface area contributed by atoms with Gasteiger partial charge in [-0.25, -0.2) is 0 Å². The fourth-order valence-corrected chi connectivity index (χ4v) is 2.01. The highest BCUT2D eigenvalue weighted by atomic mass is 16.5. The normalized spacial score (nSPS) is 10.1. The second-order valence-electron chi connectivity index (χ2n) is 4.23. The molecule has 1 nitrogen and oxygen atoms in total. The van der Waals surface area contributed by atoms with Gasteiger partial charge in [-0.2, -0.15) is 0 Å². The fraction of sp³-hybridized carbons (Fsp3) is 0.176. The first-order valence-electron chi connectivity index (χ1n) is 6.18. The summed E-state index contributed by atoms with van der Waals surface area (Å²) in [4.78, 5) is 0. The zero-order valence-corrected chi connectivity index (χ0v) is 10.9. The number of methoxy groups -OCH3 is 1. The Kier molecular flexibility index (Phi) is 3.83. The van der Waals surface area contributed by atoms with Crippen molar-refractivity contribution in [3.05, 3.63) is 71.8 Å². The molecule has 0 saturated carbocycles. The van der Waals surface area contributed by atoms with Gasteiger partial charge in [-0.15, -0.1) is 0 Å². The van der Waals surface area contributed by atoms with Crippen molar-refractivity contribution in [1.82, 2.24) is 0 Å². The van der Waals surface area contributed by atoms with Crippen LogP contribution in [0.1, 0.15) is 23.6 Å². The minimum Gasteiger partial charge on any atom is -0.496 e. The van der Waals surface area contributed by atoms with Crippen LogP contribution in [0.15, 0.2) is 55.1 Å². The van der Waals surface area contributed by atoms with Crippen molar-refractivity contribution in [2.24, 2.45) is 0 Å². The predicted molar refractivity (Wildman–Crippen MR) is 77.0 cm³/mol. The van der Waals surface area contributed by atoms with E-state index < -0.39 is 0 Å². The van der Waals surface area contributed by atoms with Gasteiger partial charge in [0.1, 0.15) is 5.75 Å². The Labute approximate surface area is 109 Å². The lowest BCUT2D eigenvalue weighted by Crippen LogP contribution is -1.94. The van der Waals surface area contributed by atoms with E-state index in [0.29, 0.717) is 0 Å². The van der Waals surface area contributed by atoms with Crippen LogP contribution in [0.5, 0.6) is 5.75 Å². The highest BCUT2D eigenvalue weighted by molar-refractivity contribution is 5.81. The van der Waals surface area contributed by atoms with Crippen molar-refractivity contribution >= 4 is 5.57 Å². The Morgan fingerprint density at radius 3 is 2.44 bits per heavy atom. The Balaban J connectivity index is 2.46. The SMILES string of the molecule is C=C(c1ccccc1)c1cc(CC)ccc1OC. The van der Waals surface area contributed by atoms with Crippen LogP contribution in [0.4, 0.5) is 0 Å². The molecule has 0 bridgehead atoms. The van der Waals surface area contributed by atoms with Gasteiger partial charge in [-0.05, 0) is 35.3 Å². The van der Waals surface area contributed by atoms with Crippen molar-refractivity contribution in [3.8, 4) is 5.75 Å². The third-order valence-electron chi connectivity index (χ3n) is 3.12. The third-order valence-corrected chi connectivity index (χ3v) is 3.12. The van der Waals surface area contributed by atoms with Crippen LogP contribution in [0.2, 0.25) is 0 Å². The molecular formula is C17H18O. The lowest BCUT2D eigenvalue weighted by atomic mass is 9.96. The summed E-state index contributed by atoms with van der Waals surface area (Å²) in [5.74, 6) is 0.876. The summed E-state index contributed by atoms with van der Waals surface area (Å²) >= 11 is 0. The molecule has 18 heavy (non-hydrogen) atoms. The Morgan fingerprint density at radius 1 is 1.11 bits per heavy atom. The second kappa shape index (κ2) is 5.54. The average Bonchev–Trinajstić information content (AvgIpc) is 2.46. The lowest BCUT2D eigenvalue weighted by Gasteiger charge is -2.13. The first-order valence-corrected chi connectivity index (χ1v) is 6.18. The molecule has 92 valence electrons. The van der Waals surface area contributed by atoms with Gasteiger partial charge in [0, 0.05) is 5.56 Å². The minimum atomic E-state index is 0.876. The first kappa shape index (κ1) is 12.4. The van der Waals surface area contributed by atoms with Crippen LogP contribution in [0.3, 0.4) is 0 Å². The highest BCUT2D eigenvalue weighted by Gasteiger charge is 2.09. The average molecular weight is 238 g/mol. The summed E-state index contributed by atoms with van der Waals surface area (Å²) in [7, 11) is 1.70. The van der Waals surface area contributed by atoms with Gasteiger partial charge in [0.15, 0.2) is 0 Å². The number of hydrogen-bond acceptors (Lipinski definition) is 1. The quantitative estimate of drug-likeness (QED) is 0.770. The van der Waals surface area contributed by atoms with Crippen molar-refractivity contribution in [3.63, 3.8) is 0 Å². The van der Waals surface area contributed by atoms with Crippen LogP contribution < -0.4 is 4.74 Å². The molecule has 0 radical (unpaired) electrons. The largest absolute Gasteiger partial charge is 0.496 e. The molecule has 0 atom stereocenters. The van der Waals surface area contributed by atoms with E-state index in [4.69, 9.17) is 4.74 Å². The standard InChI is InChI=1S/C17H18O/c1-4-14-10-11-17(18-3)16(12-14)13(2)15-8-6-5-7-9-15/h5-12H,2,4H2,1,3H3. The summed E-state index contributed by atoms with van der Waals surface area (Å²) in [6.45, 7) is 6.35. The molecule has 0 aromatic heterocycles. The van der Waals surface area contributed by atoms with E-state index in [1.165, 1.54) is 5.56 Å². The summed E-state index contributed by atoms with van der Waals surface area (Å²) < 4.78 is 5.43. The maximum Gasteiger partial charge on any atom is 0.126 e. The van der Waals surface area contributed by atoms with Crippen LogP contribution >= 0.6 is 0 Å². The topological polar surface area (TPSA) is 9.23 Å². The van der Waals surface area contributed by atoms with Gasteiger partial charge in [-0.1, -0.05) is 49.9 Å². The van der Waals surface area contributed by atoms with Gasteiger partial charge >= 0.3 is 0 Å². The summed E-state index contributed by atoms with van der Waals surface area (Å²) in [6, 6.07) is 16.5. The lowest BCUT2D eigenvalue weighted by molar-refractivity contribution is 0.413. The first-order chi connectivity index (χ1) is 8.76. The van der Waals surface area contributed by atoms with E-state index in [0.717, 1.165) is 28.9 Å². The number of aryl methyl sites for hydroxylation is 1. The molecule has 2 rings (SSSR count). The molecule has 0 saturated heterocycles. The third kappa shape index (κ3) is 2.45. The number of ether oxygens (including phenoxy) is 1. The second-order valence-corrected chi connectivity index (χ2v) is 4.23. The maximum absolute atomic E-state index is 5.43. The Morgan fingerprint density at radius 2 is 1.83 bits per heavy atom. The van der Waals surface area contributed by atoms with E-state index in [1.807, 2.05) is 24.3 Å². The summed E-state index contributed by atoms with van der Waals surface area (Å²) in [5.41, 5.74) is 4.50. The molecular weight excluding hydrogens is 220 g/mol. The van der Waals surface area contributed by atoms with Crippen LogP contribution in [-0.2, 0) is 6.42 Å². The van der Waals surface area contributed by atoms with Gasteiger partial charge in [-0.3, -0.25) is 0 Å². The molecule has 2 aromatic carbocycles. The van der Waals surface area contributed by atoms with Gasteiger partial charge in [0.25, 0.3) is 0 Å². The molecule has 0 unspecified atom stereocenters. The minimum absolute atomic E-state index is 0.876. The molecule has 0 amide bonds. The molecule has 0 aliphatic carbocycles. The predicted octanol–water partition coefficient (Wildman–Crippen LogP) is 4.32. The molecule has 0 fully saturated rings. The number of hydrogen-bond donors (Lipinski definition) is 0. The molecule has 0 spiro atoms. The van der Waals surface area contributed by atoms with Crippen molar-refractivity contribution in [2.75, 3.05) is 7.11 Å². The van der Waals surface area contributed by atoms with E-state index in [-0.39, 0.29) is 0 Å². The van der Waals surface area contributed by atoms with Crippen molar-refractivity contribution < 1.29 is 4.74 Å². The zero-order valence-electron chi connectivity index (χ0n) is 10.9. The van der Waals surface area contributed by atoms with Crippen molar-refractivity contribution in [2.45, 2.75) is 13.3 Å².